The number of aromatic nitrogens is 3. The molecular weight excluding hydrogens is 362 g/mol. The largest absolute Gasteiger partial charge is 0.337 e. The molecule has 0 unspecified atom stereocenters. The van der Waals surface area contributed by atoms with Crippen LogP contribution in [0.1, 0.15) is 55.2 Å². The fraction of sp³-hybridized carbons (Fsp3) is 0.609. The minimum atomic E-state index is 0.250. The van der Waals surface area contributed by atoms with Crippen LogP contribution in [0.2, 0.25) is 0 Å². The van der Waals surface area contributed by atoms with Crippen molar-refractivity contribution in [2.45, 2.75) is 70.5 Å². The number of likely N-dealkylation sites (N-methyl/N-ethyl adjacent to an activating group) is 1. The van der Waals surface area contributed by atoms with Crippen LogP contribution in [0.5, 0.6) is 0 Å². The van der Waals surface area contributed by atoms with Crippen molar-refractivity contribution in [3.8, 4) is 0 Å². The zero-order valence-corrected chi connectivity index (χ0v) is 17.9. The third-order valence-electron chi connectivity index (χ3n) is 6.67. The summed E-state index contributed by atoms with van der Waals surface area (Å²) in [5.74, 6) is 2.27. The number of benzene rings is 1. The van der Waals surface area contributed by atoms with Crippen LogP contribution in [0.15, 0.2) is 30.3 Å². The quantitative estimate of drug-likeness (QED) is 0.798. The zero-order valence-electron chi connectivity index (χ0n) is 17.9. The molecule has 6 heteroatoms. The second kappa shape index (κ2) is 8.66. The highest BCUT2D eigenvalue weighted by Crippen LogP contribution is 2.38. The molecule has 0 saturated carbocycles. The molecule has 0 spiro atoms. The summed E-state index contributed by atoms with van der Waals surface area (Å²) in [6, 6.07) is 11.5. The average Bonchev–Trinajstić information content (AvgIpc) is 3.24. The van der Waals surface area contributed by atoms with Gasteiger partial charge in [-0.3, -0.25) is 4.79 Å². The van der Waals surface area contributed by atoms with Gasteiger partial charge in [-0.2, -0.15) is 5.10 Å². The lowest BCUT2D eigenvalue weighted by Crippen LogP contribution is -2.47. The summed E-state index contributed by atoms with van der Waals surface area (Å²) >= 11 is 0. The average molecular weight is 396 g/mol. The van der Waals surface area contributed by atoms with Crippen LogP contribution in [0.4, 0.5) is 0 Å². The highest BCUT2D eigenvalue weighted by molar-refractivity contribution is 5.77. The Kier molecular flexibility index (Phi) is 5.99. The molecule has 2 aromatic rings. The number of likely N-dealkylation sites (tertiary alicyclic amines) is 2. The Labute approximate surface area is 173 Å². The molecule has 2 aliphatic rings. The normalized spacial score (nSPS) is 25.5. The Morgan fingerprint density at radius 2 is 1.93 bits per heavy atom. The number of carbonyl (C=O) groups excluding carboxylic acids is 1. The van der Waals surface area contributed by atoms with E-state index < -0.39 is 0 Å². The Morgan fingerprint density at radius 3 is 2.66 bits per heavy atom. The smallest absolute Gasteiger partial charge is 0.224 e. The van der Waals surface area contributed by atoms with Crippen molar-refractivity contribution >= 4 is 5.91 Å². The van der Waals surface area contributed by atoms with Gasteiger partial charge >= 0.3 is 0 Å². The van der Waals surface area contributed by atoms with Crippen LogP contribution in [0.25, 0.3) is 0 Å². The Balaban J connectivity index is 1.55. The maximum absolute atomic E-state index is 13.3. The van der Waals surface area contributed by atoms with Crippen molar-refractivity contribution in [3.05, 3.63) is 47.5 Å². The molecule has 1 aromatic carbocycles. The van der Waals surface area contributed by atoms with Gasteiger partial charge in [-0.15, -0.1) is 0 Å². The number of nitrogens with zero attached hydrogens (tertiary/aromatic N) is 5. The minimum absolute atomic E-state index is 0.250. The van der Waals surface area contributed by atoms with Crippen molar-refractivity contribution in [1.82, 2.24) is 24.6 Å². The predicted octanol–water partition coefficient (Wildman–Crippen LogP) is 3.15. The van der Waals surface area contributed by atoms with E-state index in [1.54, 1.807) is 0 Å². The van der Waals surface area contributed by atoms with E-state index in [2.05, 4.69) is 57.3 Å². The van der Waals surface area contributed by atoms with E-state index in [4.69, 9.17) is 0 Å². The first-order valence-corrected chi connectivity index (χ1v) is 11.0. The number of hydrogen-bond acceptors (Lipinski definition) is 4. The molecule has 29 heavy (non-hydrogen) atoms. The third kappa shape index (κ3) is 4.22. The molecule has 156 valence electrons. The SMILES string of the molecule is Cc1nc(C)n(CCC(=O)N2C[C@@H](c3ccccc3)[C@H]3[C@H]2CCCCCN3C)n1. The van der Waals surface area contributed by atoms with Gasteiger partial charge in [0, 0.05) is 31.0 Å². The van der Waals surface area contributed by atoms with E-state index in [9.17, 15) is 4.79 Å². The molecule has 3 atom stereocenters. The molecule has 1 aromatic heterocycles. The molecule has 2 aliphatic heterocycles. The van der Waals surface area contributed by atoms with Gasteiger partial charge in [0.25, 0.3) is 0 Å². The lowest BCUT2D eigenvalue weighted by atomic mass is 9.87. The van der Waals surface area contributed by atoms with Crippen molar-refractivity contribution in [3.63, 3.8) is 0 Å². The van der Waals surface area contributed by atoms with Gasteiger partial charge in [-0.1, -0.05) is 43.2 Å². The van der Waals surface area contributed by atoms with Crippen molar-refractivity contribution in [2.75, 3.05) is 20.1 Å². The molecule has 6 nitrogen and oxygen atoms in total. The predicted molar refractivity (Wildman–Crippen MR) is 114 cm³/mol. The van der Waals surface area contributed by atoms with Gasteiger partial charge in [0.1, 0.15) is 11.6 Å². The zero-order chi connectivity index (χ0) is 20.4. The van der Waals surface area contributed by atoms with Crippen LogP contribution in [-0.4, -0.2) is 62.7 Å². The van der Waals surface area contributed by atoms with Gasteiger partial charge in [0.05, 0.1) is 6.54 Å². The van der Waals surface area contributed by atoms with Crippen molar-refractivity contribution < 1.29 is 4.79 Å². The number of hydrogen-bond donors (Lipinski definition) is 0. The Morgan fingerprint density at radius 1 is 1.14 bits per heavy atom. The molecule has 0 N–H and O–H groups in total. The first-order chi connectivity index (χ1) is 14.0. The van der Waals surface area contributed by atoms with Crippen molar-refractivity contribution in [2.24, 2.45) is 0 Å². The monoisotopic (exact) mass is 395 g/mol. The van der Waals surface area contributed by atoms with Gasteiger partial charge in [0.2, 0.25) is 5.91 Å². The highest BCUT2D eigenvalue weighted by atomic mass is 16.2. The summed E-state index contributed by atoms with van der Waals surface area (Å²) in [4.78, 5) is 22.4. The lowest BCUT2D eigenvalue weighted by molar-refractivity contribution is -0.133. The fourth-order valence-electron chi connectivity index (χ4n) is 5.28. The van der Waals surface area contributed by atoms with Gasteiger partial charge in [-0.05, 0) is 45.8 Å². The van der Waals surface area contributed by atoms with E-state index in [-0.39, 0.29) is 5.91 Å². The fourth-order valence-corrected chi connectivity index (χ4v) is 5.28. The van der Waals surface area contributed by atoms with Crippen LogP contribution >= 0.6 is 0 Å². The molecule has 4 rings (SSSR count). The van der Waals surface area contributed by atoms with E-state index >= 15 is 0 Å². The maximum Gasteiger partial charge on any atom is 0.224 e. The summed E-state index contributed by atoms with van der Waals surface area (Å²) in [5.41, 5.74) is 1.35. The molecule has 0 aliphatic carbocycles. The van der Waals surface area contributed by atoms with E-state index in [1.807, 2.05) is 18.5 Å². The molecule has 0 radical (unpaired) electrons. The Bertz CT molecular complexity index is 833. The highest BCUT2D eigenvalue weighted by Gasteiger charge is 2.46. The summed E-state index contributed by atoms with van der Waals surface area (Å²) in [6.07, 6.45) is 5.30. The van der Waals surface area contributed by atoms with Gasteiger partial charge < -0.3 is 9.80 Å². The molecule has 1 amide bonds. The molecule has 0 bridgehead atoms. The topological polar surface area (TPSA) is 54.3 Å². The van der Waals surface area contributed by atoms with Crippen LogP contribution in [0.3, 0.4) is 0 Å². The van der Waals surface area contributed by atoms with Gasteiger partial charge in [0.15, 0.2) is 0 Å². The second-order valence-corrected chi connectivity index (χ2v) is 8.63. The first kappa shape index (κ1) is 20.1. The van der Waals surface area contributed by atoms with E-state index in [0.29, 0.717) is 31.0 Å². The van der Waals surface area contributed by atoms with Crippen LogP contribution in [0, 0.1) is 13.8 Å². The van der Waals surface area contributed by atoms with Gasteiger partial charge in [-0.25, -0.2) is 9.67 Å². The molecule has 2 saturated heterocycles. The van der Waals surface area contributed by atoms with Crippen molar-refractivity contribution in [1.29, 1.82) is 0 Å². The first-order valence-electron chi connectivity index (χ1n) is 11.0. The summed E-state index contributed by atoms with van der Waals surface area (Å²) in [5, 5.41) is 4.42. The summed E-state index contributed by atoms with van der Waals surface area (Å²) < 4.78 is 1.86. The number of amides is 1. The third-order valence-corrected chi connectivity index (χ3v) is 6.67. The second-order valence-electron chi connectivity index (χ2n) is 8.63. The number of rotatable bonds is 4. The number of aryl methyl sites for hydroxylation is 3. The standard InChI is InChI=1S/C23H33N5O/c1-17-24-18(2)28(25-17)15-13-22(29)27-16-20(19-10-6-4-7-11-19)23-21(27)12-8-5-9-14-26(23)3/h4,6-7,10-11,20-21,23H,5,8-9,12-16H2,1-3H3/t20-,21+,23-/m0/s1. The summed E-state index contributed by atoms with van der Waals surface area (Å²) in [6.45, 7) is 6.38. The number of fused-ring (bicyclic) bond motifs is 1. The van der Waals surface area contributed by atoms with Crippen LogP contribution < -0.4 is 0 Å². The molecule has 2 fully saturated rings. The summed E-state index contributed by atoms with van der Waals surface area (Å²) in [7, 11) is 2.24. The number of carbonyl (C=O) groups is 1. The maximum atomic E-state index is 13.3. The Hall–Kier alpha value is -2.21. The minimum Gasteiger partial charge on any atom is -0.337 e. The lowest BCUT2D eigenvalue weighted by Gasteiger charge is -2.37. The van der Waals surface area contributed by atoms with E-state index in [1.165, 1.54) is 24.8 Å². The van der Waals surface area contributed by atoms with E-state index in [0.717, 1.165) is 31.2 Å². The van der Waals surface area contributed by atoms with Crippen LogP contribution in [-0.2, 0) is 11.3 Å². The molecular formula is C23H33N5O. The molecule has 3 heterocycles.